The summed E-state index contributed by atoms with van der Waals surface area (Å²) in [7, 11) is 1.42. The van der Waals surface area contributed by atoms with Gasteiger partial charge in [-0.1, -0.05) is 79.8 Å². The Morgan fingerprint density at radius 3 is 1.90 bits per heavy atom. The van der Waals surface area contributed by atoms with Gasteiger partial charge in [-0.15, -0.1) is 0 Å². The smallest absolute Gasteiger partial charge is 0.306 e. The predicted octanol–water partition coefficient (Wildman–Crippen LogP) is 7.98. The molecule has 1 N–H and O–H groups in total. The van der Waals surface area contributed by atoms with Gasteiger partial charge in [0.25, 0.3) is 5.91 Å². The van der Waals surface area contributed by atoms with Gasteiger partial charge in [0.15, 0.2) is 0 Å². The van der Waals surface area contributed by atoms with Crippen molar-refractivity contribution >= 4 is 11.9 Å². The molecule has 0 unspecified atom stereocenters. The molecular weight excluding hydrogens is 493 g/mol. The first-order valence-electron chi connectivity index (χ1n) is 13.8. The molecule has 0 bridgehead atoms. The van der Waals surface area contributed by atoms with Gasteiger partial charge < -0.3 is 14.8 Å². The van der Waals surface area contributed by atoms with Crippen LogP contribution in [0.25, 0.3) is 0 Å². The molecule has 212 valence electrons. The lowest BCUT2D eigenvalue weighted by Crippen LogP contribution is -2.26. The van der Waals surface area contributed by atoms with E-state index in [0.29, 0.717) is 31.6 Å². The molecular formula is C33H44FNO4. The van der Waals surface area contributed by atoms with E-state index < -0.39 is 11.7 Å². The Kier molecular flexibility index (Phi) is 20.1. The number of rotatable bonds is 20. The van der Waals surface area contributed by atoms with E-state index in [2.05, 4.69) is 73.0 Å². The molecule has 1 rings (SSSR count). The molecule has 0 saturated heterocycles. The number of esters is 1. The van der Waals surface area contributed by atoms with Crippen molar-refractivity contribution in [1.82, 2.24) is 5.32 Å². The molecule has 0 heterocycles. The van der Waals surface area contributed by atoms with Gasteiger partial charge in [0.05, 0.1) is 19.3 Å². The van der Waals surface area contributed by atoms with Gasteiger partial charge in [0, 0.05) is 13.0 Å². The summed E-state index contributed by atoms with van der Waals surface area (Å²) in [5, 5.41) is 2.68. The molecule has 1 aromatic rings. The number of hydrogen-bond acceptors (Lipinski definition) is 4. The highest BCUT2D eigenvalue weighted by molar-refractivity contribution is 5.96. The molecule has 0 radical (unpaired) electrons. The minimum atomic E-state index is -0.512. The minimum Gasteiger partial charge on any atom is -0.496 e. The van der Waals surface area contributed by atoms with E-state index in [4.69, 9.17) is 9.47 Å². The van der Waals surface area contributed by atoms with Crippen molar-refractivity contribution in [3.8, 4) is 5.75 Å². The van der Waals surface area contributed by atoms with Crippen molar-refractivity contribution in [2.24, 2.45) is 0 Å². The van der Waals surface area contributed by atoms with Crippen LogP contribution >= 0.6 is 0 Å². The average Bonchev–Trinajstić information content (AvgIpc) is 2.94. The highest BCUT2D eigenvalue weighted by atomic mass is 19.1. The maximum absolute atomic E-state index is 13.4. The van der Waals surface area contributed by atoms with Gasteiger partial charge in [-0.2, -0.15) is 0 Å². The fraction of sp³-hybridized carbons (Fsp3) is 0.394. The zero-order valence-electron chi connectivity index (χ0n) is 23.4. The Labute approximate surface area is 233 Å². The summed E-state index contributed by atoms with van der Waals surface area (Å²) in [5.74, 6) is -0.917. The van der Waals surface area contributed by atoms with Crippen molar-refractivity contribution in [2.45, 2.75) is 64.7 Å². The number of ether oxygens (including phenoxy) is 2. The molecule has 0 spiro atoms. The van der Waals surface area contributed by atoms with E-state index >= 15 is 0 Å². The second-order valence-electron chi connectivity index (χ2n) is 8.63. The third-order valence-corrected chi connectivity index (χ3v) is 5.39. The molecule has 0 atom stereocenters. The number of carbonyl (C=O) groups is 2. The van der Waals surface area contributed by atoms with Gasteiger partial charge in [0.2, 0.25) is 0 Å². The van der Waals surface area contributed by atoms with E-state index in [1.807, 2.05) is 12.2 Å². The Hall–Kier alpha value is -3.67. The number of nitrogens with one attached hydrogen (secondary N) is 1. The number of hydrogen-bond donors (Lipinski definition) is 1. The van der Waals surface area contributed by atoms with Crippen LogP contribution in [0, 0.1) is 5.82 Å². The lowest BCUT2D eigenvalue weighted by Gasteiger charge is -2.09. The fourth-order valence-electron chi connectivity index (χ4n) is 3.33. The minimum absolute atomic E-state index is 0.130. The monoisotopic (exact) mass is 537 g/mol. The van der Waals surface area contributed by atoms with Crippen LogP contribution in [0.15, 0.2) is 91.1 Å². The van der Waals surface area contributed by atoms with Crippen LogP contribution in [-0.2, 0) is 9.53 Å². The van der Waals surface area contributed by atoms with Crippen molar-refractivity contribution in [3.63, 3.8) is 0 Å². The molecule has 0 aliphatic carbocycles. The summed E-state index contributed by atoms with van der Waals surface area (Å²) in [6.45, 7) is 2.66. The zero-order valence-corrected chi connectivity index (χ0v) is 23.4. The van der Waals surface area contributed by atoms with Crippen molar-refractivity contribution in [2.75, 3.05) is 20.3 Å². The molecule has 5 nitrogen and oxygen atoms in total. The molecule has 6 heteroatoms. The van der Waals surface area contributed by atoms with E-state index in [1.54, 1.807) is 0 Å². The lowest BCUT2D eigenvalue weighted by atomic mass is 10.2. The number of halogens is 1. The molecule has 0 aromatic heterocycles. The van der Waals surface area contributed by atoms with E-state index in [0.717, 1.165) is 44.6 Å². The summed E-state index contributed by atoms with van der Waals surface area (Å²) in [4.78, 5) is 24.0. The first-order valence-corrected chi connectivity index (χ1v) is 13.8. The normalized spacial score (nSPS) is 12.2. The average molecular weight is 538 g/mol. The third-order valence-electron chi connectivity index (χ3n) is 5.39. The molecule has 0 fully saturated rings. The molecule has 0 saturated carbocycles. The standard InChI is InChI=1S/C33H44FNO4/c1-3-4-5-6-7-8-9-10-11-12-13-14-15-16-17-18-19-20-21-23-32(36)39-27-22-26-35-33(37)30-28-29(34)24-25-31(30)38-2/h4-5,7-8,10-11,13-14,16-17,19-20,24-25,28H,3,6,9,12,15,18,21-23,26-27H2,1-2H3,(H,35,37)/b5-4-,8-7-,11-10-,14-13-,17-16-,20-19-. The van der Waals surface area contributed by atoms with Crippen molar-refractivity contribution in [3.05, 3.63) is 102 Å². The topological polar surface area (TPSA) is 64.6 Å². The summed E-state index contributed by atoms with van der Waals surface area (Å²) < 4.78 is 23.7. The predicted molar refractivity (Wildman–Crippen MR) is 158 cm³/mol. The van der Waals surface area contributed by atoms with Gasteiger partial charge in [-0.05, 0) is 69.6 Å². The fourth-order valence-corrected chi connectivity index (χ4v) is 3.33. The molecule has 1 aromatic carbocycles. The van der Waals surface area contributed by atoms with Crippen molar-refractivity contribution < 1.29 is 23.5 Å². The first kappa shape index (κ1) is 33.4. The SMILES string of the molecule is CC/C=C\C/C=C\C/C=C\C/C=C\C/C=C\C/C=C\CCC(=O)OCCCNC(=O)c1cc(F)ccc1OC. The van der Waals surface area contributed by atoms with Crippen LogP contribution in [-0.4, -0.2) is 32.1 Å². The molecule has 39 heavy (non-hydrogen) atoms. The number of methoxy groups -OCH3 is 1. The van der Waals surface area contributed by atoms with E-state index in [9.17, 15) is 14.0 Å². The third kappa shape index (κ3) is 18.3. The molecule has 0 aliphatic heterocycles. The summed E-state index contributed by atoms with van der Waals surface area (Å²) in [6.07, 6.45) is 32.9. The Balaban J connectivity index is 2.02. The summed E-state index contributed by atoms with van der Waals surface area (Å²) in [6, 6.07) is 3.77. The number of benzene rings is 1. The number of carbonyl (C=O) groups excluding carboxylic acids is 2. The Morgan fingerprint density at radius 2 is 1.36 bits per heavy atom. The first-order chi connectivity index (χ1) is 19.1. The van der Waals surface area contributed by atoms with Gasteiger partial charge in [-0.3, -0.25) is 9.59 Å². The highest BCUT2D eigenvalue weighted by Crippen LogP contribution is 2.19. The Bertz CT molecular complexity index is 1000. The van der Waals surface area contributed by atoms with E-state index in [1.165, 1.54) is 19.2 Å². The quantitative estimate of drug-likeness (QED) is 0.104. The second kappa shape index (κ2) is 23.4. The summed E-state index contributed by atoms with van der Waals surface area (Å²) in [5.41, 5.74) is 0.130. The zero-order chi connectivity index (χ0) is 28.4. The van der Waals surface area contributed by atoms with Crippen LogP contribution < -0.4 is 10.1 Å². The maximum Gasteiger partial charge on any atom is 0.306 e. The van der Waals surface area contributed by atoms with E-state index in [-0.39, 0.29) is 18.1 Å². The lowest BCUT2D eigenvalue weighted by molar-refractivity contribution is -0.143. The second-order valence-corrected chi connectivity index (χ2v) is 8.63. The largest absolute Gasteiger partial charge is 0.496 e. The van der Waals surface area contributed by atoms with Gasteiger partial charge in [-0.25, -0.2) is 4.39 Å². The number of allylic oxidation sites excluding steroid dienone is 12. The van der Waals surface area contributed by atoms with Crippen LogP contribution in [0.1, 0.15) is 75.1 Å². The summed E-state index contributed by atoms with van der Waals surface area (Å²) >= 11 is 0. The van der Waals surface area contributed by atoms with Crippen LogP contribution in [0.5, 0.6) is 5.75 Å². The molecule has 1 amide bonds. The maximum atomic E-state index is 13.4. The van der Waals surface area contributed by atoms with Crippen LogP contribution in [0.3, 0.4) is 0 Å². The van der Waals surface area contributed by atoms with Gasteiger partial charge >= 0.3 is 5.97 Å². The number of amides is 1. The van der Waals surface area contributed by atoms with Crippen LogP contribution in [0.2, 0.25) is 0 Å². The molecule has 0 aliphatic rings. The van der Waals surface area contributed by atoms with Crippen molar-refractivity contribution in [1.29, 1.82) is 0 Å². The van der Waals surface area contributed by atoms with Crippen LogP contribution in [0.4, 0.5) is 4.39 Å². The highest BCUT2D eigenvalue weighted by Gasteiger charge is 2.13. The van der Waals surface area contributed by atoms with Gasteiger partial charge in [0.1, 0.15) is 11.6 Å². The Morgan fingerprint density at radius 1 is 0.821 bits per heavy atom.